The summed E-state index contributed by atoms with van der Waals surface area (Å²) in [5, 5.41) is 6.53. The van der Waals surface area contributed by atoms with E-state index in [1.54, 1.807) is 34.6 Å². The molecule has 0 radical (unpaired) electrons. The van der Waals surface area contributed by atoms with Crippen LogP contribution in [0.5, 0.6) is 17.4 Å². The predicted molar refractivity (Wildman–Crippen MR) is 97.4 cm³/mol. The molecule has 1 aromatic heterocycles. The van der Waals surface area contributed by atoms with Crippen LogP contribution in [0.25, 0.3) is 0 Å². The maximum atomic E-state index is 5.32. The number of guanidine groups is 1. The molecule has 0 aliphatic carbocycles. The second-order valence-corrected chi connectivity index (χ2v) is 5.18. The molecule has 0 aliphatic heterocycles. The van der Waals surface area contributed by atoms with Gasteiger partial charge < -0.3 is 24.8 Å². The minimum Gasteiger partial charge on any atom is -0.493 e. The zero-order chi connectivity index (χ0) is 18.1. The Balaban J connectivity index is 1.92. The van der Waals surface area contributed by atoms with Gasteiger partial charge in [0, 0.05) is 32.4 Å². The Labute approximate surface area is 148 Å². The van der Waals surface area contributed by atoms with Gasteiger partial charge in [0.1, 0.15) is 0 Å². The molecule has 0 saturated heterocycles. The van der Waals surface area contributed by atoms with Gasteiger partial charge >= 0.3 is 0 Å². The molecule has 7 nitrogen and oxygen atoms in total. The SMILES string of the molecule is CN=C(NCc1ccnc(OC)c1)NCc1ccc(OC)c(OC)c1. The highest BCUT2D eigenvalue weighted by atomic mass is 16.5. The predicted octanol–water partition coefficient (Wildman–Crippen LogP) is 1.97. The highest BCUT2D eigenvalue weighted by molar-refractivity contribution is 5.79. The maximum absolute atomic E-state index is 5.32. The third-order valence-electron chi connectivity index (χ3n) is 3.60. The largest absolute Gasteiger partial charge is 0.493 e. The lowest BCUT2D eigenvalue weighted by molar-refractivity contribution is 0.354. The minimum atomic E-state index is 0.590. The Morgan fingerprint density at radius 1 is 0.920 bits per heavy atom. The van der Waals surface area contributed by atoms with Gasteiger partial charge in [-0.1, -0.05) is 6.07 Å². The topological polar surface area (TPSA) is 77.0 Å². The van der Waals surface area contributed by atoms with Crippen LogP contribution in [0.1, 0.15) is 11.1 Å². The smallest absolute Gasteiger partial charge is 0.213 e. The molecule has 0 fully saturated rings. The zero-order valence-corrected chi connectivity index (χ0v) is 15.0. The Hall–Kier alpha value is -2.96. The van der Waals surface area contributed by atoms with Crippen molar-refractivity contribution in [3.63, 3.8) is 0 Å². The van der Waals surface area contributed by atoms with E-state index in [1.807, 2.05) is 30.3 Å². The van der Waals surface area contributed by atoms with E-state index in [2.05, 4.69) is 20.6 Å². The molecule has 25 heavy (non-hydrogen) atoms. The molecule has 1 aromatic carbocycles. The number of nitrogens with one attached hydrogen (secondary N) is 2. The van der Waals surface area contributed by atoms with Crippen molar-refractivity contribution < 1.29 is 14.2 Å². The summed E-state index contributed by atoms with van der Waals surface area (Å²) in [6.07, 6.45) is 1.72. The molecule has 0 spiro atoms. The number of aliphatic imine (C=N–C) groups is 1. The van der Waals surface area contributed by atoms with Crippen LogP contribution in [0.15, 0.2) is 41.5 Å². The van der Waals surface area contributed by atoms with Crippen molar-refractivity contribution in [1.29, 1.82) is 0 Å². The number of methoxy groups -OCH3 is 3. The summed E-state index contributed by atoms with van der Waals surface area (Å²) in [5.41, 5.74) is 2.12. The van der Waals surface area contributed by atoms with Gasteiger partial charge in [-0.2, -0.15) is 0 Å². The third-order valence-corrected chi connectivity index (χ3v) is 3.60. The summed E-state index contributed by atoms with van der Waals surface area (Å²) in [4.78, 5) is 8.32. The Kier molecular flexibility index (Phi) is 6.88. The monoisotopic (exact) mass is 344 g/mol. The van der Waals surface area contributed by atoms with Gasteiger partial charge in [0.05, 0.1) is 21.3 Å². The summed E-state index contributed by atoms with van der Waals surface area (Å²) in [6, 6.07) is 9.61. The Morgan fingerprint density at radius 2 is 1.60 bits per heavy atom. The normalized spacial score (nSPS) is 11.0. The van der Waals surface area contributed by atoms with E-state index in [9.17, 15) is 0 Å². The number of rotatable bonds is 7. The number of hydrogen-bond acceptors (Lipinski definition) is 5. The second kappa shape index (κ2) is 9.36. The quantitative estimate of drug-likeness (QED) is 0.591. The first-order valence-corrected chi connectivity index (χ1v) is 7.84. The fourth-order valence-corrected chi connectivity index (χ4v) is 2.25. The fourth-order valence-electron chi connectivity index (χ4n) is 2.25. The van der Waals surface area contributed by atoms with Gasteiger partial charge in [-0.25, -0.2) is 4.98 Å². The van der Waals surface area contributed by atoms with Gasteiger partial charge in [-0.05, 0) is 29.3 Å². The van der Waals surface area contributed by atoms with Crippen molar-refractivity contribution in [2.75, 3.05) is 28.4 Å². The van der Waals surface area contributed by atoms with E-state index in [0.29, 0.717) is 36.4 Å². The van der Waals surface area contributed by atoms with Crippen LogP contribution in [0.2, 0.25) is 0 Å². The first-order valence-electron chi connectivity index (χ1n) is 7.84. The lowest BCUT2D eigenvalue weighted by Gasteiger charge is -2.14. The van der Waals surface area contributed by atoms with E-state index in [4.69, 9.17) is 14.2 Å². The van der Waals surface area contributed by atoms with Gasteiger partial charge in [0.15, 0.2) is 17.5 Å². The molecule has 0 unspecified atom stereocenters. The molecule has 0 aliphatic rings. The average molecular weight is 344 g/mol. The number of aromatic nitrogens is 1. The minimum absolute atomic E-state index is 0.590. The fraction of sp³-hybridized carbons (Fsp3) is 0.333. The summed E-state index contributed by atoms with van der Waals surface area (Å²) in [5.74, 6) is 2.70. The van der Waals surface area contributed by atoms with Crippen LogP contribution in [0.3, 0.4) is 0 Å². The van der Waals surface area contributed by atoms with Gasteiger partial charge in [-0.3, -0.25) is 4.99 Å². The van der Waals surface area contributed by atoms with Crippen LogP contribution < -0.4 is 24.8 Å². The molecule has 2 N–H and O–H groups in total. The van der Waals surface area contributed by atoms with E-state index in [0.717, 1.165) is 11.1 Å². The average Bonchev–Trinajstić information content (AvgIpc) is 2.68. The number of nitrogens with zero attached hydrogens (tertiary/aromatic N) is 2. The summed E-state index contributed by atoms with van der Waals surface area (Å²) in [7, 11) is 6.58. The van der Waals surface area contributed by atoms with Gasteiger partial charge in [0.25, 0.3) is 0 Å². The molecular weight excluding hydrogens is 320 g/mol. The van der Waals surface area contributed by atoms with E-state index < -0.39 is 0 Å². The van der Waals surface area contributed by atoms with Gasteiger partial charge in [0.2, 0.25) is 5.88 Å². The van der Waals surface area contributed by atoms with Crippen LogP contribution in [0.4, 0.5) is 0 Å². The lowest BCUT2D eigenvalue weighted by Crippen LogP contribution is -2.36. The van der Waals surface area contributed by atoms with Crippen molar-refractivity contribution in [1.82, 2.24) is 15.6 Å². The summed E-state index contributed by atoms with van der Waals surface area (Å²) in [6.45, 7) is 1.23. The van der Waals surface area contributed by atoms with Crippen molar-refractivity contribution in [3.8, 4) is 17.4 Å². The number of ether oxygens (including phenoxy) is 3. The second-order valence-electron chi connectivity index (χ2n) is 5.18. The highest BCUT2D eigenvalue weighted by Gasteiger charge is 2.05. The number of benzene rings is 1. The lowest BCUT2D eigenvalue weighted by atomic mass is 10.2. The van der Waals surface area contributed by atoms with Crippen LogP contribution in [-0.4, -0.2) is 39.3 Å². The van der Waals surface area contributed by atoms with Crippen molar-refractivity contribution in [2.24, 2.45) is 4.99 Å². The maximum Gasteiger partial charge on any atom is 0.213 e. The molecule has 0 amide bonds. The molecule has 2 rings (SSSR count). The zero-order valence-electron chi connectivity index (χ0n) is 15.0. The van der Waals surface area contributed by atoms with Crippen molar-refractivity contribution >= 4 is 5.96 Å². The molecule has 0 saturated carbocycles. The molecular formula is C18H24N4O3. The van der Waals surface area contributed by atoms with E-state index in [1.165, 1.54) is 0 Å². The summed E-state index contributed by atoms with van der Waals surface area (Å²) < 4.78 is 15.7. The van der Waals surface area contributed by atoms with Crippen LogP contribution >= 0.6 is 0 Å². The van der Waals surface area contributed by atoms with Crippen LogP contribution in [-0.2, 0) is 13.1 Å². The molecule has 0 bridgehead atoms. The summed E-state index contributed by atoms with van der Waals surface area (Å²) >= 11 is 0. The van der Waals surface area contributed by atoms with Crippen LogP contribution in [0, 0.1) is 0 Å². The Morgan fingerprint density at radius 3 is 2.20 bits per heavy atom. The van der Waals surface area contributed by atoms with E-state index in [-0.39, 0.29) is 0 Å². The van der Waals surface area contributed by atoms with E-state index >= 15 is 0 Å². The molecule has 7 heteroatoms. The first-order chi connectivity index (χ1) is 12.2. The standard InChI is InChI=1S/C18H24N4O3/c1-19-18(22-12-14-7-8-20-17(10-14)25-4)21-11-13-5-6-15(23-2)16(9-13)24-3/h5-10H,11-12H2,1-4H3,(H2,19,21,22). The highest BCUT2D eigenvalue weighted by Crippen LogP contribution is 2.27. The first kappa shape index (κ1) is 18.4. The molecule has 1 heterocycles. The number of pyridine rings is 1. The molecule has 0 atom stereocenters. The van der Waals surface area contributed by atoms with Crippen molar-refractivity contribution in [2.45, 2.75) is 13.1 Å². The molecule has 2 aromatic rings. The molecule has 134 valence electrons. The number of hydrogen-bond donors (Lipinski definition) is 2. The van der Waals surface area contributed by atoms with Gasteiger partial charge in [-0.15, -0.1) is 0 Å². The third kappa shape index (κ3) is 5.27. The Bertz CT molecular complexity index is 719. The van der Waals surface area contributed by atoms with Crippen molar-refractivity contribution in [3.05, 3.63) is 47.7 Å².